The second-order valence-electron chi connectivity index (χ2n) is 4.85. The molecular weight excluding hydrogens is 397 g/mol. The highest BCUT2D eigenvalue weighted by atomic mass is 127. The van der Waals surface area contributed by atoms with Gasteiger partial charge in [0.2, 0.25) is 0 Å². The number of aliphatic imine (C=N–C) groups is 1. The number of aromatic nitrogens is 1. The number of rotatable bonds is 8. The van der Waals surface area contributed by atoms with Gasteiger partial charge in [-0.1, -0.05) is 6.92 Å². The lowest BCUT2D eigenvalue weighted by molar-refractivity contribution is 0.399. The van der Waals surface area contributed by atoms with Gasteiger partial charge in [0, 0.05) is 24.2 Å². The van der Waals surface area contributed by atoms with E-state index in [1.165, 1.54) is 4.88 Å². The van der Waals surface area contributed by atoms with E-state index < -0.39 is 0 Å². The molecule has 0 radical (unpaired) electrons. The molecule has 7 heteroatoms. The molecule has 1 rings (SSSR count). The van der Waals surface area contributed by atoms with E-state index in [4.69, 9.17) is 0 Å². The van der Waals surface area contributed by atoms with Crippen LogP contribution in [0.4, 0.5) is 0 Å². The van der Waals surface area contributed by atoms with Crippen molar-refractivity contribution < 1.29 is 0 Å². The van der Waals surface area contributed by atoms with Crippen molar-refractivity contribution in [3.05, 3.63) is 16.1 Å². The van der Waals surface area contributed by atoms with Crippen LogP contribution in [0.3, 0.4) is 0 Å². The van der Waals surface area contributed by atoms with Gasteiger partial charge in [0.15, 0.2) is 5.96 Å². The molecule has 0 atom stereocenters. The number of hydrogen-bond acceptors (Lipinski definition) is 4. The summed E-state index contributed by atoms with van der Waals surface area (Å²) in [4.78, 5) is 12.5. The third-order valence-electron chi connectivity index (χ3n) is 2.74. The molecule has 0 spiro atoms. The number of hydrogen-bond donors (Lipinski definition) is 2. The first-order chi connectivity index (χ1) is 9.65. The Hall–Kier alpha value is -0.410. The van der Waals surface area contributed by atoms with Crippen LogP contribution in [0.25, 0.3) is 0 Å². The fourth-order valence-electron chi connectivity index (χ4n) is 1.68. The van der Waals surface area contributed by atoms with E-state index in [0.29, 0.717) is 6.54 Å². The topological polar surface area (TPSA) is 52.6 Å². The van der Waals surface area contributed by atoms with E-state index in [2.05, 4.69) is 53.5 Å². The van der Waals surface area contributed by atoms with Crippen molar-refractivity contribution in [2.45, 2.75) is 33.2 Å². The lowest BCUT2D eigenvalue weighted by Crippen LogP contribution is -2.38. The Labute approximate surface area is 149 Å². The van der Waals surface area contributed by atoms with Crippen LogP contribution in [0.1, 0.15) is 30.2 Å². The van der Waals surface area contributed by atoms with Gasteiger partial charge in [-0.25, -0.2) is 9.98 Å². The summed E-state index contributed by atoms with van der Waals surface area (Å²) in [5.74, 6) is 0.875. The van der Waals surface area contributed by atoms with Crippen LogP contribution in [0.15, 0.2) is 11.2 Å². The van der Waals surface area contributed by atoms with Crippen molar-refractivity contribution in [1.29, 1.82) is 0 Å². The molecule has 2 N–H and O–H groups in total. The summed E-state index contributed by atoms with van der Waals surface area (Å²) < 4.78 is 0. The van der Waals surface area contributed by atoms with Gasteiger partial charge in [0.05, 0.1) is 6.54 Å². The summed E-state index contributed by atoms with van der Waals surface area (Å²) in [6, 6.07) is 0. The Morgan fingerprint density at radius 1 is 1.33 bits per heavy atom. The van der Waals surface area contributed by atoms with Crippen LogP contribution in [0.2, 0.25) is 0 Å². The molecule has 0 unspecified atom stereocenters. The van der Waals surface area contributed by atoms with Gasteiger partial charge in [0.1, 0.15) is 5.01 Å². The van der Waals surface area contributed by atoms with E-state index in [9.17, 15) is 0 Å². The van der Waals surface area contributed by atoms with Crippen LogP contribution in [0.5, 0.6) is 0 Å². The summed E-state index contributed by atoms with van der Waals surface area (Å²) in [5.41, 5.74) is 0. The van der Waals surface area contributed by atoms with Crippen molar-refractivity contribution in [3.63, 3.8) is 0 Å². The highest BCUT2D eigenvalue weighted by Crippen LogP contribution is 2.13. The van der Waals surface area contributed by atoms with Gasteiger partial charge in [0.25, 0.3) is 0 Å². The molecule has 1 heterocycles. The quantitative estimate of drug-likeness (QED) is 0.291. The number of guanidine groups is 1. The molecule has 0 aliphatic heterocycles. The predicted molar refractivity (Wildman–Crippen MR) is 103 cm³/mol. The molecule has 0 aromatic carbocycles. The van der Waals surface area contributed by atoms with Gasteiger partial charge in [-0.2, -0.15) is 0 Å². The van der Waals surface area contributed by atoms with Gasteiger partial charge in [-0.15, -0.1) is 35.3 Å². The van der Waals surface area contributed by atoms with Crippen LogP contribution in [0, 0.1) is 0 Å². The maximum absolute atomic E-state index is 4.58. The Bertz CT molecular complexity index is 406. The van der Waals surface area contributed by atoms with Crippen LogP contribution in [-0.2, 0) is 13.0 Å². The van der Waals surface area contributed by atoms with Crippen LogP contribution < -0.4 is 10.6 Å². The zero-order valence-electron chi connectivity index (χ0n) is 13.5. The third kappa shape index (κ3) is 9.26. The summed E-state index contributed by atoms with van der Waals surface area (Å²) in [5, 5.41) is 7.70. The van der Waals surface area contributed by atoms with E-state index in [1.807, 2.05) is 6.20 Å². The van der Waals surface area contributed by atoms with Crippen LogP contribution >= 0.6 is 35.3 Å². The minimum atomic E-state index is 0. The SMILES string of the molecule is CCNC(=NCc1ncc(CC)s1)NCCCN(C)C.I. The Balaban J connectivity index is 0.00000400. The molecule has 0 aliphatic carbocycles. The molecule has 21 heavy (non-hydrogen) atoms. The summed E-state index contributed by atoms with van der Waals surface area (Å²) >= 11 is 1.74. The minimum absolute atomic E-state index is 0. The summed E-state index contributed by atoms with van der Waals surface area (Å²) in [6.45, 7) is 7.76. The molecular formula is C14H28IN5S. The van der Waals surface area contributed by atoms with Crippen molar-refractivity contribution in [3.8, 4) is 0 Å². The number of nitrogens with one attached hydrogen (secondary N) is 2. The van der Waals surface area contributed by atoms with Crippen molar-refractivity contribution in [2.75, 3.05) is 33.7 Å². The molecule has 1 aromatic rings. The minimum Gasteiger partial charge on any atom is -0.357 e. The third-order valence-corrected chi connectivity index (χ3v) is 3.87. The average molecular weight is 425 g/mol. The molecule has 0 saturated carbocycles. The molecule has 0 amide bonds. The molecule has 5 nitrogen and oxygen atoms in total. The first-order valence-corrected chi connectivity index (χ1v) is 8.07. The van der Waals surface area contributed by atoms with E-state index in [1.54, 1.807) is 11.3 Å². The van der Waals surface area contributed by atoms with Crippen molar-refractivity contribution in [1.82, 2.24) is 20.5 Å². The first kappa shape index (κ1) is 20.6. The monoisotopic (exact) mass is 425 g/mol. The number of halogens is 1. The normalized spacial score (nSPS) is 11.4. The molecule has 0 saturated heterocycles. The highest BCUT2D eigenvalue weighted by Gasteiger charge is 2.01. The lowest BCUT2D eigenvalue weighted by Gasteiger charge is -2.13. The zero-order chi connectivity index (χ0) is 14.8. The maximum atomic E-state index is 4.58. The number of aryl methyl sites for hydroxylation is 1. The van der Waals surface area contributed by atoms with E-state index >= 15 is 0 Å². The van der Waals surface area contributed by atoms with Gasteiger partial charge >= 0.3 is 0 Å². The second-order valence-corrected chi connectivity index (χ2v) is 6.05. The van der Waals surface area contributed by atoms with Crippen molar-refractivity contribution >= 4 is 41.3 Å². The fourth-order valence-corrected chi connectivity index (χ4v) is 2.46. The maximum Gasteiger partial charge on any atom is 0.191 e. The molecule has 0 fully saturated rings. The molecule has 1 aromatic heterocycles. The Kier molecular flexibility index (Phi) is 11.9. The highest BCUT2D eigenvalue weighted by molar-refractivity contribution is 14.0. The summed E-state index contributed by atoms with van der Waals surface area (Å²) in [6.07, 6.45) is 4.10. The average Bonchev–Trinajstić information content (AvgIpc) is 2.88. The number of nitrogens with zero attached hydrogens (tertiary/aromatic N) is 3. The standard InChI is InChI=1S/C14H27N5S.HI/c1-5-12-10-17-13(20-12)11-18-14(15-6-2)16-8-7-9-19(3)4;/h10H,5-9,11H2,1-4H3,(H2,15,16,18);1H. The van der Waals surface area contributed by atoms with Gasteiger partial charge in [-0.05, 0) is 40.4 Å². The van der Waals surface area contributed by atoms with Gasteiger partial charge in [-0.3, -0.25) is 0 Å². The second kappa shape index (κ2) is 12.2. The van der Waals surface area contributed by atoms with Gasteiger partial charge < -0.3 is 15.5 Å². The summed E-state index contributed by atoms with van der Waals surface area (Å²) in [7, 11) is 4.18. The molecule has 0 aliphatic rings. The lowest BCUT2D eigenvalue weighted by atomic mass is 10.4. The van der Waals surface area contributed by atoms with Crippen LogP contribution in [-0.4, -0.2) is 49.6 Å². The fraction of sp³-hybridized carbons (Fsp3) is 0.714. The van der Waals surface area contributed by atoms with E-state index in [0.717, 1.165) is 43.4 Å². The Morgan fingerprint density at radius 2 is 2.10 bits per heavy atom. The largest absolute Gasteiger partial charge is 0.357 e. The molecule has 0 bridgehead atoms. The Morgan fingerprint density at radius 3 is 2.67 bits per heavy atom. The van der Waals surface area contributed by atoms with E-state index in [-0.39, 0.29) is 24.0 Å². The number of thiazole rings is 1. The smallest absolute Gasteiger partial charge is 0.191 e. The predicted octanol–water partition coefficient (Wildman–Crippen LogP) is 2.33. The first-order valence-electron chi connectivity index (χ1n) is 7.26. The zero-order valence-corrected chi connectivity index (χ0v) is 16.6. The van der Waals surface area contributed by atoms with Crippen molar-refractivity contribution in [2.24, 2.45) is 4.99 Å². The molecule has 122 valence electrons.